The van der Waals surface area contributed by atoms with Crippen LogP contribution in [0.2, 0.25) is 0 Å². The summed E-state index contributed by atoms with van der Waals surface area (Å²) in [6.07, 6.45) is 7.96. The SMILES string of the molecule is CCNCNC1=NCC(C2CC(C(=O)NN)=CN=C2OC2CCOCC2)=C(c2nc(-c3cnn(C)c3)cs2)C1. The lowest BCUT2D eigenvalue weighted by molar-refractivity contribution is -0.117. The molecule has 0 spiro atoms. The van der Waals surface area contributed by atoms with Gasteiger partial charge in [-0.1, -0.05) is 6.92 Å². The predicted octanol–water partition coefficient (Wildman–Crippen LogP) is 1.74. The number of aryl methyl sites for hydroxylation is 1. The van der Waals surface area contributed by atoms with Crippen LogP contribution in [0.25, 0.3) is 16.8 Å². The van der Waals surface area contributed by atoms with Gasteiger partial charge in [0.25, 0.3) is 5.91 Å². The molecule has 3 aliphatic rings. The highest BCUT2D eigenvalue weighted by atomic mass is 32.1. The number of carbonyl (C=O) groups is 1. The van der Waals surface area contributed by atoms with E-state index in [-0.39, 0.29) is 17.9 Å². The van der Waals surface area contributed by atoms with Gasteiger partial charge >= 0.3 is 0 Å². The summed E-state index contributed by atoms with van der Waals surface area (Å²) >= 11 is 1.59. The summed E-state index contributed by atoms with van der Waals surface area (Å²) in [5.41, 5.74) is 6.71. The molecule has 5 rings (SSSR count). The molecule has 0 radical (unpaired) electrons. The van der Waals surface area contributed by atoms with Gasteiger partial charge in [0.1, 0.15) is 16.9 Å². The predicted molar refractivity (Wildman–Crippen MR) is 151 cm³/mol. The number of aliphatic imine (C=N–C) groups is 2. The van der Waals surface area contributed by atoms with Crippen LogP contribution >= 0.6 is 11.3 Å². The lowest BCUT2D eigenvalue weighted by atomic mass is 9.84. The highest BCUT2D eigenvalue weighted by Crippen LogP contribution is 2.38. The summed E-state index contributed by atoms with van der Waals surface area (Å²) in [6.45, 7) is 5.32. The summed E-state index contributed by atoms with van der Waals surface area (Å²) in [5.74, 6) is 6.35. The van der Waals surface area contributed by atoms with Crippen LogP contribution in [0.4, 0.5) is 0 Å². The lowest BCUT2D eigenvalue weighted by Crippen LogP contribution is -2.38. The molecule has 1 saturated heterocycles. The molecular formula is C26H35N9O3S. The maximum atomic E-state index is 12.5. The molecule has 0 saturated carbocycles. The van der Waals surface area contributed by atoms with Gasteiger partial charge in [0.05, 0.1) is 44.2 Å². The molecule has 1 atom stereocenters. The van der Waals surface area contributed by atoms with Crippen molar-refractivity contribution in [1.29, 1.82) is 0 Å². The zero-order chi connectivity index (χ0) is 27.2. The molecule has 2 aromatic heterocycles. The zero-order valence-electron chi connectivity index (χ0n) is 22.3. The summed E-state index contributed by atoms with van der Waals surface area (Å²) in [4.78, 5) is 27.0. The van der Waals surface area contributed by atoms with Gasteiger partial charge < -0.3 is 20.1 Å². The number of hydrogen-bond donors (Lipinski definition) is 4. The van der Waals surface area contributed by atoms with E-state index < -0.39 is 0 Å². The number of hydrogen-bond acceptors (Lipinski definition) is 11. The van der Waals surface area contributed by atoms with Crippen molar-refractivity contribution in [2.24, 2.45) is 28.8 Å². The second-order valence-corrected chi connectivity index (χ2v) is 10.5. The van der Waals surface area contributed by atoms with Gasteiger partial charge in [0, 0.05) is 55.2 Å². The quantitative estimate of drug-likeness (QED) is 0.127. The Morgan fingerprint density at radius 3 is 2.92 bits per heavy atom. The number of hydrazine groups is 1. The Balaban J connectivity index is 1.50. The number of thiazole rings is 1. The molecule has 13 heteroatoms. The summed E-state index contributed by atoms with van der Waals surface area (Å²) in [5, 5.41) is 13.9. The van der Waals surface area contributed by atoms with Crippen LogP contribution in [-0.2, 0) is 21.3 Å². The van der Waals surface area contributed by atoms with E-state index in [9.17, 15) is 4.79 Å². The second-order valence-electron chi connectivity index (χ2n) is 9.62. The van der Waals surface area contributed by atoms with Crippen LogP contribution in [0.15, 0.2) is 45.1 Å². The number of amides is 1. The van der Waals surface area contributed by atoms with Crippen molar-refractivity contribution in [2.75, 3.05) is 33.0 Å². The van der Waals surface area contributed by atoms with Crippen molar-refractivity contribution in [1.82, 2.24) is 30.8 Å². The van der Waals surface area contributed by atoms with Crippen molar-refractivity contribution in [3.05, 3.63) is 40.1 Å². The zero-order valence-corrected chi connectivity index (χ0v) is 23.1. The normalized spacial score (nSPS) is 20.3. The third-order valence-corrected chi connectivity index (χ3v) is 7.87. The molecule has 0 aromatic carbocycles. The first-order valence-corrected chi connectivity index (χ1v) is 14.1. The number of aromatic nitrogens is 3. The van der Waals surface area contributed by atoms with Crippen LogP contribution < -0.4 is 21.9 Å². The van der Waals surface area contributed by atoms with Gasteiger partial charge in [-0.3, -0.25) is 19.9 Å². The van der Waals surface area contributed by atoms with E-state index >= 15 is 0 Å². The van der Waals surface area contributed by atoms with Crippen LogP contribution in [0.1, 0.15) is 37.6 Å². The topological polar surface area (TPSA) is 153 Å². The van der Waals surface area contributed by atoms with E-state index in [2.05, 4.69) is 38.5 Å². The first-order valence-electron chi connectivity index (χ1n) is 13.2. The van der Waals surface area contributed by atoms with Crippen molar-refractivity contribution in [3.63, 3.8) is 0 Å². The Morgan fingerprint density at radius 2 is 2.18 bits per heavy atom. The number of ether oxygens (including phenoxy) is 2. The molecule has 0 aliphatic carbocycles. The number of nitrogens with one attached hydrogen (secondary N) is 3. The molecule has 39 heavy (non-hydrogen) atoms. The largest absolute Gasteiger partial charge is 0.477 e. The molecule has 5 N–H and O–H groups in total. The molecule has 2 aromatic rings. The average molecular weight is 554 g/mol. The first-order chi connectivity index (χ1) is 19.1. The van der Waals surface area contributed by atoms with Crippen LogP contribution in [-0.4, -0.2) is 71.5 Å². The highest BCUT2D eigenvalue weighted by Gasteiger charge is 2.35. The third kappa shape index (κ3) is 6.44. The summed E-state index contributed by atoms with van der Waals surface area (Å²) in [7, 11) is 1.89. The van der Waals surface area contributed by atoms with Crippen LogP contribution in [0.3, 0.4) is 0 Å². The molecule has 0 bridgehead atoms. The Bertz CT molecular complexity index is 1300. The van der Waals surface area contributed by atoms with E-state index in [1.165, 1.54) is 0 Å². The molecule has 1 unspecified atom stereocenters. The molecule has 1 fully saturated rings. The molecule has 12 nitrogen and oxygen atoms in total. The van der Waals surface area contributed by atoms with E-state index in [1.807, 2.05) is 19.4 Å². The maximum absolute atomic E-state index is 12.5. The van der Waals surface area contributed by atoms with Crippen molar-refractivity contribution >= 4 is 34.6 Å². The van der Waals surface area contributed by atoms with E-state index in [1.54, 1.807) is 22.2 Å². The fourth-order valence-electron chi connectivity index (χ4n) is 4.84. The van der Waals surface area contributed by atoms with Gasteiger partial charge in [0.15, 0.2) is 5.90 Å². The second kappa shape index (κ2) is 12.6. The Labute approximate surface area is 231 Å². The fourth-order valence-corrected chi connectivity index (χ4v) is 5.75. The number of rotatable bonds is 8. The van der Waals surface area contributed by atoms with Gasteiger partial charge in [-0.2, -0.15) is 5.10 Å². The summed E-state index contributed by atoms with van der Waals surface area (Å²) in [6, 6.07) is 0. The highest BCUT2D eigenvalue weighted by molar-refractivity contribution is 7.11. The van der Waals surface area contributed by atoms with Gasteiger partial charge in [-0.15, -0.1) is 11.3 Å². The third-order valence-electron chi connectivity index (χ3n) is 6.97. The van der Waals surface area contributed by atoms with E-state index in [0.29, 0.717) is 50.7 Å². The smallest absolute Gasteiger partial charge is 0.262 e. The van der Waals surface area contributed by atoms with Gasteiger partial charge in [-0.25, -0.2) is 15.8 Å². The number of nitrogens with two attached hydrogens (primary N) is 1. The maximum Gasteiger partial charge on any atom is 0.262 e. The number of nitrogens with zero attached hydrogens (tertiary/aromatic N) is 5. The lowest BCUT2D eigenvalue weighted by Gasteiger charge is -2.32. The molecule has 208 valence electrons. The van der Waals surface area contributed by atoms with Crippen molar-refractivity contribution in [3.8, 4) is 11.3 Å². The van der Waals surface area contributed by atoms with Crippen LogP contribution in [0.5, 0.6) is 0 Å². The minimum atomic E-state index is -0.351. The Morgan fingerprint density at radius 1 is 1.33 bits per heavy atom. The Hall–Kier alpha value is -3.39. The monoisotopic (exact) mass is 553 g/mol. The minimum Gasteiger partial charge on any atom is -0.477 e. The van der Waals surface area contributed by atoms with Crippen molar-refractivity contribution in [2.45, 2.75) is 38.7 Å². The minimum absolute atomic E-state index is 0.0174. The first kappa shape index (κ1) is 27.2. The number of amidine groups is 1. The molecular weight excluding hydrogens is 518 g/mol. The average Bonchev–Trinajstić information content (AvgIpc) is 3.63. The molecule has 5 heterocycles. The Kier molecular flexibility index (Phi) is 8.81. The number of carbonyl (C=O) groups excluding carboxylic acids is 1. The van der Waals surface area contributed by atoms with Crippen molar-refractivity contribution < 1.29 is 14.3 Å². The van der Waals surface area contributed by atoms with Gasteiger partial charge in [-0.05, 0) is 24.1 Å². The summed E-state index contributed by atoms with van der Waals surface area (Å²) < 4.78 is 13.7. The molecule has 1 amide bonds. The molecule has 3 aliphatic heterocycles. The standard InChI is InChI=1S/C26H35N9O3S/c1-3-28-15-31-23-9-20(26-33-22(14-39-26)17-11-32-35(2)13-17)21(12-29-23)19-8-16(24(36)34-27)10-30-25(19)38-18-4-6-37-7-5-18/h10-11,13-14,18-19,28H,3-9,12,15,27H2,1-2H3,(H,29,31)(H,34,36). The van der Waals surface area contributed by atoms with Crippen LogP contribution in [0, 0.1) is 5.92 Å². The van der Waals surface area contributed by atoms with E-state index in [0.717, 1.165) is 52.6 Å². The van der Waals surface area contributed by atoms with E-state index in [4.69, 9.17) is 25.3 Å². The number of dihydropyridines is 1. The van der Waals surface area contributed by atoms with Gasteiger partial charge in [0.2, 0.25) is 0 Å². The fraction of sp³-hybridized carbons (Fsp3) is 0.500.